The van der Waals surface area contributed by atoms with Gasteiger partial charge in [-0.25, -0.2) is 0 Å². The van der Waals surface area contributed by atoms with Crippen LogP contribution in [0.5, 0.6) is 0 Å². The summed E-state index contributed by atoms with van der Waals surface area (Å²) in [6, 6.07) is 4.45. The third-order valence-corrected chi connectivity index (χ3v) is 4.04. The van der Waals surface area contributed by atoms with Crippen molar-refractivity contribution in [2.24, 2.45) is 11.8 Å². The molecule has 0 amide bonds. The van der Waals surface area contributed by atoms with Crippen LogP contribution < -0.4 is 5.32 Å². The zero-order valence-corrected chi connectivity index (χ0v) is 12.0. The van der Waals surface area contributed by atoms with Gasteiger partial charge in [0.15, 0.2) is 0 Å². The van der Waals surface area contributed by atoms with Crippen LogP contribution >= 0.6 is 0 Å². The van der Waals surface area contributed by atoms with Gasteiger partial charge < -0.3 is 10.4 Å². The molecule has 2 atom stereocenters. The molecule has 0 aromatic heterocycles. The Kier molecular flexibility index (Phi) is 4.25. The van der Waals surface area contributed by atoms with Crippen LogP contribution in [-0.4, -0.2) is 24.2 Å². The van der Waals surface area contributed by atoms with E-state index in [1.165, 1.54) is 22.3 Å². The molecule has 0 saturated heterocycles. The molecule has 1 aromatic rings. The van der Waals surface area contributed by atoms with Crippen molar-refractivity contribution in [3.05, 3.63) is 34.4 Å². The Morgan fingerprint density at radius 2 is 1.95 bits per heavy atom. The zero-order chi connectivity index (χ0) is 14.0. The maximum Gasteiger partial charge on any atom is 0.306 e. The van der Waals surface area contributed by atoms with E-state index in [2.05, 4.69) is 38.2 Å². The molecule has 1 saturated carbocycles. The monoisotopic (exact) mass is 261 g/mol. The van der Waals surface area contributed by atoms with Crippen LogP contribution in [0.15, 0.2) is 12.1 Å². The number of hydrogen-bond acceptors (Lipinski definition) is 2. The molecule has 3 heteroatoms. The van der Waals surface area contributed by atoms with E-state index >= 15 is 0 Å². The standard InChI is InChI=1S/C16H23NO2/c1-10-6-11(2)14(12(3)7-10)4-5-17-9-13-8-15(13)16(18)19/h6-7,13,15,17H,4-5,8-9H2,1-3H3,(H,18,19). The molecular weight excluding hydrogens is 238 g/mol. The summed E-state index contributed by atoms with van der Waals surface area (Å²) >= 11 is 0. The fourth-order valence-electron chi connectivity index (χ4n) is 2.88. The molecule has 104 valence electrons. The number of aryl methyl sites for hydroxylation is 3. The predicted octanol–water partition coefficient (Wildman–Crippen LogP) is 2.46. The Labute approximate surface area is 115 Å². The number of aliphatic carboxylic acids is 1. The van der Waals surface area contributed by atoms with Crippen molar-refractivity contribution in [2.45, 2.75) is 33.6 Å². The molecule has 1 aliphatic carbocycles. The summed E-state index contributed by atoms with van der Waals surface area (Å²) in [7, 11) is 0. The zero-order valence-electron chi connectivity index (χ0n) is 12.0. The summed E-state index contributed by atoms with van der Waals surface area (Å²) in [5.41, 5.74) is 5.45. The molecule has 0 radical (unpaired) electrons. The van der Waals surface area contributed by atoms with Crippen molar-refractivity contribution in [3.8, 4) is 0 Å². The van der Waals surface area contributed by atoms with E-state index in [0.717, 1.165) is 25.9 Å². The molecule has 0 aliphatic heterocycles. The first-order valence-corrected chi connectivity index (χ1v) is 6.99. The largest absolute Gasteiger partial charge is 0.481 e. The second-order valence-electron chi connectivity index (χ2n) is 5.77. The third-order valence-electron chi connectivity index (χ3n) is 4.04. The van der Waals surface area contributed by atoms with Crippen LogP contribution in [0, 0.1) is 32.6 Å². The molecule has 19 heavy (non-hydrogen) atoms. The van der Waals surface area contributed by atoms with Crippen molar-refractivity contribution >= 4 is 5.97 Å². The highest BCUT2D eigenvalue weighted by Crippen LogP contribution is 2.37. The first-order chi connectivity index (χ1) is 8.99. The van der Waals surface area contributed by atoms with E-state index in [1.54, 1.807) is 0 Å². The average molecular weight is 261 g/mol. The van der Waals surface area contributed by atoms with Crippen molar-refractivity contribution in [3.63, 3.8) is 0 Å². The Balaban J connectivity index is 1.76. The summed E-state index contributed by atoms with van der Waals surface area (Å²) in [6.45, 7) is 8.21. The molecular formula is C16H23NO2. The number of carboxylic acid groups (broad SMARTS) is 1. The van der Waals surface area contributed by atoms with Crippen LogP contribution in [0.1, 0.15) is 28.7 Å². The van der Waals surface area contributed by atoms with Crippen LogP contribution in [-0.2, 0) is 11.2 Å². The van der Waals surface area contributed by atoms with Crippen LogP contribution in [0.3, 0.4) is 0 Å². The van der Waals surface area contributed by atoms with Gasteiger partial charge in [-0.05, 0) is 69.3 Å². The summed E-state index contributed by atoms with van der Waals surface area (Å²) in [4.78, 5) is 10.7. The van der Waals surface area contributed by atoms with Gasteiger partial charge in [0, 0.05) is 0 Å². The minimum atomic E-state index is -0.642. The Hall–Kier alpha value is -1.35. The highest BCUT2D eigenvalue weighted by atomic mass is 16.4. The number of carbonyl (C=O) groups is 1. The van der Waals surface area contributed by atoms with Crippen LogP contribution in [0.25, 0.3) is 0 Å². The Morgan fingerprint density at radius 3 is 2.47 bits per heavy atom. The lowest BCUT2D eigenvalue weighted by Crippen LogP contribution is -2.21. The summed E-state index contributed by atoms with van der Waals surface area (Å²) in [5.74, 6) is -0.398. The predicted molar refractivity (Wildman–Crippen MR) is 76.5 cm³/mol. The molecule has 3 nitrogen and oxygen atoms in total. The second-order valence-corrected chi connectivity index (χ2v) is 5.77. The summed E-state index contributed by atoms with van der Waals surface area (Å²) in [5, 5.41) is 12.2. The lowest BCUT2D eigenvalue weighted by atomic mass is 9.97. The lowest BCUT2D eigenvalue weighted by molar-refractivity contribution is -0.138. The lowest BCUT2D eigenvalue weighted by Gasteiger charge is -2.12. The number of hydrogen-bond donors (Lipinski definition) is 2. The molecule has 0 heterocycles. The first-order valence-electron chi connectivity index (χ1n) is 6.99. The average Bonchev–Trinajstić information content (AvgIpc) is 3.06. The van der Waals surface area contributed by atoms with Gasteiger partial charge in [-0.2, -0.15) is 0 Å². The topological polar surface area (TPSA) is 49.3 Å². The molecule has 2 unspecified atom stereocenters. The van der Waals surface area contributed by atoms with Gasteiger partial charge in [0.25, 0.3) is 0 Å². The van der Waals surface area contributed by atoms with E-state index < -0.39 is 5.97 Å². The van der Waals surface area contributed by atoms with Crippen molar-refractivity contribution in [2.75, 3.05) is 13.1 Å². The number of carboxylic acids is 1. The molecule has 1 aromatic carbocycles. The maximum atomic E-state index is 10.7. The summed E-state index contributed by atoms with van der Waals surface area (Å²) in [6.07, 6.45) is 1.85. The maximum absolute atomic E-state index is 10.7. The fraction of sp³-hybridized carbons (Fsp3) is 0.562. The minimum Gasteiger partial charge on any atom is -0.481 e. The highest BCUT2D eigenvalue weighted by Gasteiger charge is 2.42. The summed E-state index contributed by atoms with van der Waals surface area (Å²) < 4.78 is 0. The third kappa shape index (κ3) is 3.57. The fourth-order valence-corrected chi connectivity index (χ4v) is 2.88. The van der Waals surface area contributed by atoms with E-state index in [-0.39, 0.29) is 5.92 Å². The molecule has 1 fully saturated rings. The first kappa shape index (κ1) is 14.1. The molecule has 0 spiro atoms. The van der Waals surface area contributed by atoms with Gasteiger partial charge in [-0.3, -0.25) is 4.79 Å². The molecule has 2 rings (SSSR count). The van der Waals surface area contributed by atoms with Gasteiger partial charge >= 0.3 is 5.97 Å². The van der Waals surface area contributed by atoms with Crippen molar-refractivity contribution in [1.29, 1.82) is 0 Å². The second kappa shape index (κ2) is 5.74. The van der Waals surface area contributed by atoms with E-state index in [1.807, 2.05) is 0 Å². The van der Waals surface area contributed by atoms with Gasteiger partial charge in [-0.15, -0.1) is 0 Å². The normalized spacial score (nSPS) is 21.4. The molecule has 2 N–H and O–H groups in total. The van der Waals surface area contributed by atoms with E-state index in [0.29, 0.717) is 5.92 Å². The van der Waals surface area contributed by atoms with Crippen molar-refractivity contribution < 1.29 is 9.90 Å². The van der Waals surface area contributed by atoms with Crippen molar-refractivity contribution in [1.82, 2.24) is 5.32 Å². The minimum absolute atomic E-state index is 0.102. The van der Waals surface area contributed by atoms with E-state index in [9.17, 15) is 4.79 Å². The molecule has 0 bridgehead atoms. The number of rotatable bonds is 6. The quantitative estimate of drug-likeness (QED) is 0.773. The van der Waals surface area contributed by atoms with Gasteiger partial charge in [0.1, 0.15) is 0 Å². The van der Waals surface area contributed by atoms with Gasteiger partial charge in [0.05, 0.1) is 5.92 Å². The van der Waals surface area contributed by atoms with Crippen LogP contribution in [0.4, 0.5) is 0 Å². The smallest absolute Gasteiger partial charge is 0.306 e. The number of nitrogens with one attached hydrogen (secondary N) is 1. The van der Waals surface area contributed by atoms with Crippen LogP contribution in [0.2, 0.25) is 0 Å². The van der Waals surface area contributed by atoms with Gasteiger partial charge in [-0.1, -0.05) is 17.7 Å². The Morgan fingerprint density at radius 1 is 1.32 bits per heavy atom. The van der Waals surface area contributed by atoms with Gasteiger partial charge in [0.2, 0.25) is 0 Å². The number of benzene rings is 1. The van der Waals surface area contributed by atoms with E-state index in [4.69, 9.17) is 5.11 Å². The SMILES string of the molecule is Cc1cc(C)c(CCNCC2CC2C(=O)O)c(C)c1. The molecule has 1 aliphatic rings. The Bertz CT molecular complexity index is 459. The highest BCUT2D eigenvalue weighted by molar-refractivity contribution is 5.73.